The van der Waals surface area contributed by atoms with Gasteiger partial charge in [0.15, 0.2) is 12.6 Å². The molecule has 0 amide bonds. The van der Waals surface area contributed by atoms with E-state index >= 15 is 0 Å². The summed E-state index contributed by atoms with van der Waals surface area (Å²) in [5, 5.41) is 9.98. The number of rotatable bonds is 7. The number of allylic oxidation sites excluding steroid dienone is 1. The number of ketones is 1. The topological polar surface area (TPSA) is 55.8 Å². The normalized spacial score (nSPS) is 10.9. The summed E-state index contributed by atoms with van der Waals surface area (Å²) >= 11 is 0. The summed E-state index contributed by atoms with van der Waals surface area (Å²) < 4.78 is 10.4. The van der Waals surface area contributed by atoms with E-state index in [9.17, 15) is 9.90 Å². The van der Waals surface area contributed by atoms with Crippen molar-refractivity contribution in [2.75, 3.05) is 13.4 Å². The van der Waals surface area contributed by atoms with E-state index in [4.69, 9.17) is 9.47 Å². The lowest BCUT2D eigenvalue weighted by Gasteiger charge is -2.07. The van der Waals surface area contributed by atoms with Crippen molar-refractivity contribution in [3.8, 4) is 11.5 Å². The van der Waals surface area contributed by atoms with Gasteiger partial charge in [0.2, 0.25) is 0 Å². The van der Waals surface area contributed by atoms with E-state index < -0.39 is 0 Å². The highest BCUT2D eigenvalue weighted by atomic mass is 16.7. The molecule has 120 valence electrons. The number of aromatic hydroxyl groups is 1. The second-order valence-corrected chi connectivity index (χ2v) is 5.04. The third-order valence-corrected chi connectivity index (χ3v) is 3.25. The first kappa shape index (κ1) is 16.8. The molecule has 0 saturated carbocycles. The van der Waals surface area contributed by atoms with Gasteiger partial charge in [-0.2, -0.15) is 0 Å². The summed E-state index contributed by atoms with van der Waals surface area (Å²) in [6.07, 6.45) is 3.17. The van der Waals surface area contributed by atoms with E-state index in [0.29, 0.717) is 12.4 Å². The van der Waals surface area contributed by atoms with Crippen LogP contribution in [0.15, 0.2) is 48.5 Å². The molecule has 4 heteroatoms. The Kier molecular flexibility index (Phi) is 5.94. The Hall–Kier alpha value is -2.59. The quantitative estimate of drug-likeness (QED) is 0.364. The second-order valence-electron chi connectivity index (χ2n) is 5.04. The van der Waals surface area contributed by atoms with Gasteiger partial charge in [-0.3, -0.25) is 4.79 Å². The van der Waals surface area contributed by atoms with Crippen LogP contribution in [-0.4, -0.2) is 24.3 Å². The molecule has 2 rings (SSSR count). The third-order valence-electron chi connectivity index (χ3n) is 3.25. The second kappa shape index (κ2) is 8.15. The van der Waals surface area contributed by atoms with E-state index in [1.54, 1.807) is 18.2 Å². The van der Waals surface area contributed by atoms with E-state index in [1.807, 2.05) is 38.1 Å². The molecule has 2 aromatic rings. The van der Waals surface area contributed by atoms with Gasteiger partial charge in [0, 0.05) is 12.7 Å². The van der Waals surface area contributed by atoms with E-state index in [2.05, 4.69) is 0 Å². The van der Waals surface area contributed by atoms with Crippen molar-refractivity contribution >= 4 is 11.9 Å². The molecular weight excluding hydrogens is 292 g/mol. The van der Waals surface area contributed by atoms with Crippen molar-refractivity contribution in [1.82, 2.24) is 0 Å². The Labute approximate surface area is 136 Å². The smallest absolute Gasteiger partial charge is 0.189 e. The molecule has 0 aliphatic carbocycles. The zero-order valence-corrected chi connectivity index (χ0v) is 13.3. The molecule has 0 atom stereocenters. The number of ether oxygens (including phenoxy) is 2. The fraction of sp³-hybridized carbons (Fsp3) is 0.211. The predicted molar refractivity (Wildman–Crippen MR) is 89.8 cm³/mol. The minimum Gasteiger partial charge on any atom is -0.507 e. The van der Waals surface area contributed by atoms with Crippen molar-refractivity contribution in [3.05, 3.63) is 65.2 Å². The highest BCUT2D eigenvalue weighted by Crippen LogP contribution is 2.24. The van der Waals surface area contributed by atoms with E-state index in [1.165, 1.54) is 12.1 Å². The van der Waals surface area contributed by atoms with Crippen LogP contribution in [0.1, 0.15) is 28.4 Å². The lowest BCUT2D eigenvalue weighted by atomic mass is 10.1. The number of aryl methyl sites for hydroxylation is 1. The molecule has 0 bridgehead atoms. The minimum atomic E-state index is -0.264. The lowest BCUT2D eigenvalue weighted by molar-refractivity contribution is 0.0223. The average molecular weight is 312 g/mol. The summed E-state index contributed by atoms with van der Waals surface area (Å²) in [5.41, 5.74) is 2.32. The summed E-state index contributed by atoms with van der Waals surface area (Å²) in [6, 6.07) is 12.4. The molecule has 0 unspecified atom stereocenters. The fourth-order valence-corrected chi connectivity index (χ4v) is 1.94. The SMILES string of the molecule is CCOCOc1ccc(C(=O)C=Cc2ccc(C)cc2)c(O)c1. The lowest BCUT2D eigenvalue weighted by Crippen LogP contribution is -2.02. The van der Waals surface area contributed by atoms with Crippen LogP contribution in [0, 0.1) is 6.92 Å². The fourth-order valence-electron chi connectivity index (χ4n) is 1.94. The molecule has 0 aromatic heterocycles. The van der Waals surface area contributed by atoms with Crippen molar-refractivity contribution in [2.45, 2.75) is 13.8 Å². The molecule has 0 fully saturated rings. The van der Waals surface area contributed by atoms with Gasteiger partial charge in [-0.1, -0.05) is 35.9 Å². The molecule has 0 spiro atoms. The Morgan fingerprint density at radius 3 is 2.57 bits per heavy atom. The van der Waals surface area contributed by atoms with Gasteiger partial charge < -0.3 is 14.6 Å². The van der Waals surface area contributed by atoms with E-state index in [0.717, 1.165) is 11.1 Å². The predicted octanol–water partition coefficient (Wildman–Crippen LogP) is 3.97. The van der Waals surface area contributed by atoms with Gasteiger partial charge in [0.1, 0.15) is 11.5 Å². The average Bonchev–Trinajstić information content (AvgIpc) is 2.54. The molecule has 0 radical (unpaired) electrons. The van der Waals surface area contributed by atoms with Gasteiger partial charge in [-0.25, -0.2) is 0 Å². The number of phenols is 1. The van der Waals surface area contributed by atoms with Gasteiger partial charge in [0.05, 0.1) is 5.56 Å². The minimum absolute atomic E-state index is 0.108. The third kappa shape index (κ3) is 4.97. The molecule has 0 aliphatic heterocycles. The maximum absolute atomic E-state index is 12.2. The number of carbonyl (C=O) groups is 1. The van der Waals surface area contributed by atoms with Crippen molar-refractivity contribution in [3.63, 3.8) is 0 Å². The number of hydrogen-bond donors (Lipinski definition) is 1. The van der Waals surface area contributed by atoms with Gasteiger partial charge in [-0.05, 0) is 37.6 Å². The molecule has 0 saturated heterocycles. The summed E-state index contributed by atoms with van der Waals surface area (Å²) in [7, 11) is 0. The number of carbonyl (C=O) groups excluding carboxylic acids is 1. The molecule has 4 nitrogen and oxygen atoms in total. The number of hydrogen-bond acceptors (Lipinski definition) is 4. The van der Waals surface area contributed by atoms with Gasteiger partial charge in [0.25, 0.3) is 0 Å². The zero-order chi connectivity index (χ0) is 16.7. The first-order chi connectivity index (χ1) is 11.1. The molecule has 1 N–H and O–H groups in total. The number of benzene rings is 2. The van der Waals surface area contributed by atoms with Crippen LogP contribution in [0.3, 0.4) is 0 Å². The highest BCUT2D eigenvalue weighted by molar-refractivity contribution is 6.08. The van der Waals surface area contributed by atoms with Crippen LogP contribution in [0.4, 0.5) is 0 Å². The zero-order valence-electron chi connectivity index (χ0n) is 13.3. The molecule has 2 aromatic carbocycles. The van der Waals surface area contributed by atoms with Crippen LogP contribution in [0.5, 0.6) is 11.5 Å². The summed E-state index contributed by atoms with van der Waals surface area (Å²) in [5.74, 6) is 0.0759. The molecular formula is C19H20O4. The van der Waals surface area contributed by atoms with Gasteiger partial charge >= 0.3 is 0 Å². The Bertz CT molecular complexity index is 687. The summed E-state index contributed by atoms with van der Waals surface area (Å²) in [6.45, 7) is 4.53. The Balaban J connectivity index is 2.05. The van der Waals surface area contributed by atoms with Crippen molar-refractivity contribution < 1.29 is 19.4 Å². The monoisotopic (exact) mass is 312 g/mol. The highest BCUT2D eigenvalue weighted by Gasteiger charge is 2.09. The van der Waals surface area contributed by atoms with Crippen molar-refractivity contribution in [1.29, 1.82) is 0 Å². The standard InChI is InChI=1S/C19H20O4/c1-3-22-13-23-16-9-10-17(19(21)12-16)18(20)11-8-15-6-4-14(2)5-7-15/h4-12,21H,3,13H2,1-2H3. The summed E-state index contributed by atoms with van der Waals surface area (Å²) in [4.78, 5) is 12.2. The van der Waals surface area contributed by atoms with Crippen LogP contribution in [0.2, 0.25) is 0 Å². The first-order valence-corrected chi connectivity index (χ1v) is 7.43. The maximum atomic E-state index is 12.2. The van der Waals surface area contributed by atoms with Crippen LogP contribution >= 0.6 is 0 Å². The Morgan fingerprint density at radius 2 is 1.91 bits per heavy atom. The molecule has 23 heavy (non-hydrogen) atoms. The number of phenolic OH excluding ortho intramolecular Hbond substituents is 1. The van der Waals surface area contributed by atoms with Crippen LogP contribution < -0.4 is 4.74 Å². The molecule has 0 heterocycles. The van der Waals surface area contributed by atoms with Crippen molar-refractivity contribution in [2.24, 2.45) is 0 Å². The maximum Gasteiger partial charge on any atom is 0.189 e. The van der Waals surface area contributed by atoms with E-state index in [-0.39, 0.29) is 23.9 Å². The Morgan fingerprint density at radius 1 is 1.17 bits per heavy atom. The first-order valence-electron chi connectivity index (χ1n) is 7.43. The largest absolute Gasteiger partial charge is 0.507 e. The van der Waals surface area contributed by atoms with Crippen LogP contribution in [0.25, 0.3) is 6.08 Å². The van der Waals surface area contributed by atoms with Crippen LogP contribution in [-0.2, 0) is 4.74 Å². The molecule has 0 aliphatic rings. The van der Waals surface area contributed by atoms with Gasteiger partial charge in [-0.15, -0.1) is 0 Å².